The van der Waals surface area contributed by atoms with Gasteiger partial charge in [0.15, 0.2) is 0 Å². The van der Waals surface area contributed by atoms with Gasteiger partial charge in [0.05, 0.1) is 0 Å². The maximum Gasteiger partial charge on any atom is -0.0319 e. The van der Waals surface area contributed by atoms with Crippen LogP contribution in [-0.2, 0) is 0 Å². The molecule has 2 aliphatic rings. The third-order valence-corrected chi connectivity index (χ3v) is 3.12. The summed E-state index contributed by atoms with van der Waals surface area (Å²) in [6.45, 7) is 2.40. The Labute approximate surface area is 63.3 Å². The van der Waals surface area contributed by atoms with E-state index >= 15 is 0 Å². The molecule has 10 heavy (non-hydrogen) atoms. The van der Waals surface area contributed by atoms with E-state index in [1.54, 1.807) is 0 Å². The van der Waals surface area contributed by atoms with Crippen molar-refractivity contribution in [3.8, 4) is 0 Å². The second kappa shape index (κ2) is 2.41. The molecule has 0 amide bonds. The number of rotatable bonds is 0. The summed E-state index contributed by atoms with van der Waals surface area (Å²) in [5.41, 5.74) is 0. The highest BCUT2D eigenvalue weighted by Gasteiger charge is 2.31. The van der Waals surface area contributed by atoms with Crippen LogP contribution in [0.5, 0.6) is 0 Å². The summed E-state index contributed by atoms with van der Waals surface area (Å²) >= 11 is 0. The molecule has 56 valence electrons. The van der Waals surface area contributed by atoms with Gasteiger partial charge in [-0.1, -0.05) is 19.1 Å². The van der Waals surface area contributed by atoms with Crippen LogP contribution >= 0.6 is 0 Å². The molecule has 0 aromatic heterocycles. The Kier molecular flexibility index (Phi) is 1.55. The summed E-state index contributed by atoms with van der Waals surface area (Å²) in [5.74, 6) is 3.12. The average Bonchev–Trinajstić information content (AvgIpc) is 2.27. The van der Waals surface area contributed by atoms with Gasteiger partial charge < -0.3 is 0 Å². The molecule has 2 unspecified atom stereocenters. The van der Waals surface area contributed by atoms with Gasteiger partial charge in [0.2, 0.25) is 0 Å². The third-order valence-electron chi connectivity index (χ3n) is 3.12. The average molecular weight is 136 g/mol. The lowest BCUT2D eigenvalue weighted by Gasteiger charge is -2.19. The van der Waals surface area contributed by atoms with E-state index in [0.29, 0.717) is 0 Å². The van der Waals surface area contributed by atoms with Gasteiger partial charge in [-0.05, 0) is 43.4 Å². The van der Waals surface area contributed by atoms with E-state index in [2.05, 4.69) is 19.1 Å². The standard InChI is InChI=1S/C10H16/c1-8-6-9-4-2-3-5-10(9)7-8/h2-3,8-10H,4-7H2,1H3. The smallest absolute Gasteiger partial charge is 0.0319 e. The molecule has 1 saturated carbocycles. The molecular formula is C10H16. The Morgan fingerprint density at radius 3 is 2.00 bits per heavy atom. The highest BCUT2D eigenvalue weighted by Crippen LogP contribution is 2.42. The van der Waals surface area contributed by atoms with Gasteiger partial charge >= 0.3 is 0 Å². The largest absolute Gasteiger partial charge is 0.0882 e. The van der Waals surface area contributed by atoms with Crippen molar-refractivity contribution in [2.24, 2.45) is 17.8 Å². The number of fused-ring (bicyclic) bond motifs is 1. The summed E-state index contributed by atoms with van der Waals surface area (Å²) in [7, 11) is 0. The molecule has 0 aliphatic heterocycles. The predicted molar refractivity (Wildman–Crippen MR) is 43.8 cm³/mol. The van der Waals surface area contributed by atoms with Gasteiger partial charge in [-0.15, -0.1) is 0 Å². The third kappa shape index (κ3) is 1.00. The molecule has 0 spiro atoms. The van der Waals surface area contributed by atoms with Crippen LogP contribution in [0.2, 0.25) is 0 Å². The maximum absolute atomic E-state index is 2.40. The van der Waals surface area contributed by atoms with E-state index in [0.717, 1.165) is 17.8 Å². The van der Waals surface area contributed by atoms with Crippen LogP contribution in [0.4, 0.5) is 0 Å². The van der Waals surface area contributed by atoms with Crippen LogP contribution in [0.3, 0.4) is 0 Å². The second-order valence-corrected chi connectivity index (χ2v) is 4.04. The summed E-state index contributed by atoms with van der Waals surface area (Å²) < 4.78 is 0. The van der Waals surface area contributed by atoms with Gasteiger partial charge in [-0.25, -0.2) is 0 Å². The van der Waals surface area contributed by atoms with Crippen LogP contribution in [0.15, 0.2) is 12.2 Å². The minimum absolute atomic E-state index is 1.01. The van der Waals surface area contributed by atoms with Crippen LogP contribution in [0.25, 0.3) is 0 Å². The van der Waals surface area contributed by atoms with Crippen LogP contribution in [0, 0.1) is 17.8 Å². The Morgan fingerprint density at radius 2 is 1.50 bits per heavy atom. The molecule has 0 radical (unpaired) electrons. The van der Waals surface area contributed by atoms with E-state index in [1.165, 1.54) is 25.7 Å². The molecular weight excluding hydrogens is 120 g/mol. The van der Waals surface area contributed by atoms with Crippen molar-refractivity contribution >= 4 is 0 Å². The highest BCUT2D eigenvalue weighted by molar-refractivity contribution is 4.98. The molecule has 0 heteroatoms. The molecule has 2 aliphatic carbocycles. The Morgan fingerprint density at radius 1 is 1.00 bits per heavy atom. The number of hydrogen-bond acceptors (Lipinski definition) is 0. The molecule has 0 aromatic rings. The Balaban J connectivity index is 2.05. The predicted octanol–water partition coefficient (Wildman–Crippen LogP) is 3.00. The van der Waals surface area contributed by atoms with Gasteiger partial charge in [0.1, 0.15) is 0 Å². The molecule has 0 heterocycles. The molecule has 1 fully saturated rings. The number of allylic oxidation sites excluding steroid dienone is 2. The van der Waals surface area contributed by atoms with Crippen LogP contribution in [-0.4, -0.2) is 0 Å². The fourth-order valence-corrected chi connectivity index (χ4v) is 2.63. The first kappa shape index (κ1) is 6.45. The van der Waals surface area contributed by atoms with Gasteiger partial charge in [-0.2, -0.15) is 0 Å². The molecule has 2 rings (SSSR count). The quantitative estimate of drug-likeness (QED) is 0.449. The summed E-state index contributed by atoms with van der Waals surface area (Å²) in [5, 5.41) is 0. The molecule has 0 saturated heterocycles. The zero-order valence-corrected chi connectivity index (χ0v) is 6.72. The minimum Gasteiger partial charge on any atom is -0.0882 e. The summed E-state index contributed by atoms with van der Waals surface area (Å²) in [6, 6.07) is 0. The SMILES string of the molecule is CC1CC2CC=CCC2C1. The molecule has 2 atom stereocenters. The first-order valence-corrected chi connectivity index (χ1v) is 4.51. The van der Waals surface area contributed by atoms with Gasteiger partial charge in [0, 0.05) is 0 Å². The van der Waals surface area contributed by atoms with E-state index < -0.39 is 0 Å². The first-order chi connectivity index (χ1) is 4.86. The fraction of sp³-hybridized carbons (Fsp3) is 0.800. The minimum atomic E-state index is 1.01. The lowest BCUT2D eigenvalue weighted by molar-refractivity contribution is 0.380. The Bertz CT molecular complexity index is 130. The zero-order chi connectivity index (χ0) is 6.97. The number of hydrogen-bond donors (Lipinski definition) is 0. The normalized spacial score (nSPS) is 45.5. The lowest BCUT2D eigenvalue weighted by atomic mass is 9.86. The van der Waals surface area contributed by atoms with E-state index in [1.807, 2.05) is 0 Å². The van der Waals surface area contributed by atoms with Gasteiger partial charge in [0.25, 0.3) is 0 Å². The summed E-state index contributed by atoms with van der Waals surface area (Å²) in [6.07, 6.45) is 10.5. The molecule has 0 nitrogen and oxygen atoms in total. The van der Waals surface area contributed by atoms with Crippen molar-refractivity contribution in [2.75, 3.05) is 0 Å². The zero-order valence-electron chi connectivity index (χ0n) is 6.72. The molecule has 0 aromatic carbocycles. The van der Waals surface area contributed by atoms with Gasteiger partial charge in [-0.3, -0.25) is 0 Å². The maximum atomic E-state index is 2.40. The summed E-state index contributed by atoms with van der Waals surface area (Å²) in [4.78, 5) is 0. The lowest BCUT2D eigenvalue weighted by Crippen LogP contribution is -2.08. The molecule has 0 bridgehead atoms. The van der Waals surface area contributed by atoms with E-state index in [-0.39, 0.29) is 0 Å². The monoisotopic (exact) mass is 136 g/mol. The van der Waals surface area contributed by atoms with Crippen molar-refractivity contribution in [1.82, 2.24) is 0 Å². The highest BCUT2D eigenvalue weighted by atomic mass is 14.4. The topological polar surface area (TPSA) is 0 Å². The Hall–Kier alpha value is -0.260. The fourth-order valence-electron chi connectivity index (χ4n) is 2.63. The van der Waals surface area contributed by atoms with Crippen LogP contribution < -0.4 is 0 Å². The first-order valence-electron chi connectivity index (χ1n) is 4.51. The van der Waals surface area contributed by atoms with Crippen molar-refractivity contribution in [1.29, 1.82) is 0 Å². The van der Waals surface area contributed by atoms with Crippen molar-refractivity contribution < 1.29 is 0 Å². The van der Waals surface area contributed by atoms with E-state index in [9.17, 15) is 0 Å². The molecule has 0 N–H and O–H groups in total. The van der Waals surface area contributed by atoms with Crippen LogP contribution in [0.1, 0.15) is 32.6 Å². The van der Waals surface area contributed by atoms with Crippen molar-refractivity contribution in [2.45, 2.75) is 32.6 Å². The van der Waals surface area contributed by atoms with Crippen molar-refractivity contribution in [3.05, 3.63) is 12.2 Å². The second-order valence-electron chi connectivity index (χ2n) is 4.04. The van der Waals surface area contributed by atoms with Crippen molar-refractivity contribution in [3.63, 3.8) is 0 Å². The van der Waals surface area contributed by atoms with E-state index in [4.69, 9.17) is 0 Å².